The van der Waals surface area contributed by atoms with Crippen LogP contribution in [0.15, 0.2) is 29.6 Å². The van der Waals surface area contributed by atoms with Gasteiger partial charge in [0.25, 0.3) is 0 Å². The van der Waals surface area contributed by atoms with Crippen molar-refractivity contribution in [1.29, 1.82) is 0 Å². The molecule has 2 rings (SSSR count). The Morgan fingerprint density at radius 3 is 2.58 bits per heavy atom. The van der Waals surface area contributed by atoms with Crippen LogP contribution in [-0.4, -0.2) is 11.7 Å². The molecule has 0 spiro atoms. The third-order valence-corrected chi connectivity index (χ3v) is 5.50. The van der Waals surface area contributed by atoms with Gasteiger partial charge in [-0.25, -0.2) is 0 Å². The van der Waals surface area contributed by atoms with Crippen molar-refractivity contribution in [1.82, 2.24) is 5.32 Å². The van der Waals surface area contributed by atoms with Crippen molar-refractivity contribution >= 4 is 22.7 Å². The fraction of sp³-hybridized carbons (Fsp3) is 0.467. The topological polar surface area (TPSA) is 32.3 Å². The first-order valence-corrected chi connectivity index (χ1v) is 8.17. The maximum Gasteiger partial charge on any atom is 0.0652 e. The first-order chi connectivity index (χ1) is 9.00. The van der Waals surface area contributed by atoms with Crippen molar-refractivity contribution in [3.05, 3.63) is 44.3 Å². The molecule has 104 valence electrons. The predicted molar refractivity (Wildman–Crippen MR) is 84.0 cm³/mol. The van der Waals surface area contributed by atoms with E-state index in [1.165, 1.54) is 14.6 Å². The molecule has 2 heterocycles. The van der Waals surface area contributed by atoms with Crippen LogP contribution in [0.4, 0.5) is 0 Å². The van der Waals surface area contributed by atoms with Crippen LogP contribution in [-0.2, 0) is 12.0 Å². The van der Waals surface area contributed by atoms with E-state index in [2.05, 4.69) is 55.7 Å². The third-order valence-electron chi connectivity index (χ3n) is 2.99. The molecule has 19 heavy (non-hydrogen) atoms. The minimum atomic E-state index is 0.0307. The SMILES string of the molecule is CC(C)(C)c1ccc(C(CO)NCc2cccs2)s1. The lowest BCUT2D eigenvalue weighted by Gasteiger charge is -2.17. The van der Waals surface area contributed by atoms with E-state index in [1.54, 1.807) is 22.7 Å². The highest BCUT2D eigenvalue weighted by atomic mass is 32.1. The van der Waals surface area contributed by atoms with Crippen LogP contribution >= 0.6 is 22.7 Å². The summed E-state index contributed by atoms with van der Waals surface area (Å²) in [7, 11) is 0. The van der Waals surface area contributed by atoms with E-state index in [0.717, 1.165) is 6.54 Å². The monoisotopic (exact) mass is 295 g/mol. The van der Waals surface area contributed by atoms with Gasteiger partial charge in [0, 0.05) is 21.2 Å². The molecule has 2 aromatic heterocycles. The van der Waals surface area contributed by atoms with Crippen LogP contribution in [0.5, 0.6) is 0 Å². The zero-order chi connectivity index (χ0) is 13.9. The highest BCUT2D eigenvalue weighted by Gasteiger charge is 2.19. The number of aliphatic hydroxyl groups excluding tert-OH is 1. The molecule has 0 bridgehead atoms. The lowest BCUT2D eigenvalue weighted by molar-refractivity contribution is 0.246. The largest absolute Gasteiger partial charge is 0.394 e. The van der Waals surface area contributed by atoms with Crippen molar-refractivity contribution in [3.8, 4) is 0 Å². The molecular weight excluding hydrogens is 274 g/mol. The molecule has 0 aromatic carbocycles. The van der Waals surface area contributed by atoms with E-state index in [4.69, 9.17) is 0 Å². The van der Waals surface area contributed by atoms with Gasteiger partial charge >= 0.3 is 0 Å². The summed E-state index contributed by atoms with van der Waals surface area (Å²) in [5.74, 6) is 0. The summed E-state index contributed by atoms with van der Waals surface area (Å²) in [5.41, 5.74) is 0.177. The molecular formula is C15H21NOS2. The molecule has 0 aliphatic rings. The molecule has 1 unspecified atom stereocenters. The fourth-order valence-electron chi connectivity index (χ4n) is 1.84. The fourth-order valence-corrected chi connectivity index (χ4v) is 3.62. The van der Waals surface area contributed by atoms with Gasteiger partial charge in [-0.05, 0) is 29.0 Å². The zero-order valence-electron chi connectivity index (χ0n) is 11.6. The molecule has 0 saturated heterocycles. The van der Waals surface area contributed by atoms with E-state index in [1.807, 2.05) is 0 Å². The van der Waals surface area contributed by atoms with E-state index in [9.17, 15) is 5.11 Å². The first kappa shape index (κ1) is 14.7. The van der Waals surface area contributed by atoms with E-state index < -0.39 is 0 Å². The van der Waals surface area contributed by atoms with E-state index in [0.29, 0.717) is 0 Å². The smallest absolute Gasteiger partial charge is 0.0652 e. The van der Waals surface area contributed by atoms with Crippen LogP contribution in [0.25, 0.3) is 0 Å². The summed E-state index contributed by atoms with van der Waals surface area (Å²) in [5, 5.41) is 15.1. The van der Waals surface area contributed by atoms with Crippen LogP contribution in [0.1, 0.15) is 41.4 Å². The quantitative estimate of drug-likeness (QED) is 0.876. The Morgan fingerprint density at radius 1 is 1.26 bits per heavy atom. The second-order valence-electron chi connectivity index (χ2n) is 5.65. The molecule has 2 aromatic rings. The van der Waals surface area contributed by atoms with Gasteiger partial charge in [-0.3, -0.25) is 0 Å². The van der Waals surface area contributed by atoms with Crippen molar-refractivity contribution in [3.63, 3.8) is 0 Å². The minimum Gasteiger partial charge on any atom is -0.394 e. The molecule has 0 radical (unpaired) electrons. The Kier molecular flexibility index (Phi) is 4.79. The van der Waals surface area contributed by atoms with Gasteiger partial charge in [0.2, 0.25) is 0 Å². The summed E-state index contributed by atoms with van der Waals surface area (Å²) in [6.07, 6.45) is 0. The summed E-state index contributed by atoms with van der Waals surface area (Å²) < 4.78 is 0. The Hall–Kier alpha value is -0.680. The summed E-state index contributed by atoms with van der Waals surface area (Å²) in [4.78, 5) is 3.87. The second-order valence-corrected chi connectivity index (χ2v) is 7.80. The standard InChI is InChI=1S/C15H21NOS2/c1-15(2,3)14-7-6-13(19-14)12(10-17)16-9-11-5-4-8-18-11/h4-8,12,16-17H,9-10H2,1-3H3. The van der Waals surface area contributed by atoms with Gasteiger partial charge in [-0.2, -0.15) is 0 Å². The molecule has 0 aliphatic heterocycles. The lowest BCUT2D eigenvalue weighted by atomic mass is 9.95. The number of hydrogen-bond acceptors (Lipinski definition) is 4. The van der Waals surface area contributed by atoms with E-state index >= 15 is 0 Å². The van der Waals surface area contributed by atoms with Crippen molar-refractivity contribution in [2.24, 2.45) is 0 Å². The van der Waals surface area contributed by atoms with Gasteiger partial charge in [0.1, 0.15) is 0 Å². The van der Waals surface area contributed by atoms with Gasteiger partial charge in [-0.1, -0.05) is 26.8 Å². The van der Waals surface area contributed by atoms with Crippen LogP contribution < -0.4 is 5.32 Å². The molecule has 0 amide bonds. The maximum atomic E-state index is 9.57. The van der Waals surface area contributed by atoms with Crippen molar-refractivity contribution in [2.45, 2.75) is 38.8 Å². The number of hydrogen-bond donors (Lipinski definition) is 2. The second kappa shape index (κ2) is 6.18. The summed E-state index contributed by atoms with van der Waals surface area (Å²) in [6, 6.07) is 8.51. The Balaban J connectivity index is 2.03. The van der Waals surface area contributed by atoms with E-state index in [-0.39, 0.29) is 18.1 Å². The van der Waals surface area contributed by atoms with Crippen molar-refractivity contribution < 1.29 is 5.11 Å². The van der Waals surface area contributed by atoms with Gasteiger partial charge in [0.05, 0.1) is 12.6 Å². The average molecular weight is 295 g/mol. The molecule has 4 heteroatoms. The minimum absolute atomic E-state index is 0.0307. The third kappa shape index (κ3) is 3.89. The number of nitrogens with one attached hydrogen (secondary N) is 1. The predicted octanol–water partition coefficient (Wildman–Crippen LogP) is 3.93. The average Bonchev–Trinajstić information content (AvgIpc) is 2.98. The van der Waals surface area contributed by atoms with Crippen LogP contribution in [0.2, 0.25) is 0 Å². The zero-order valence-corrected chi connectivity index (χ0v) is 13.3. The van der Waals surface area contributed by atoms with Crippen molar-refractivity contribution in [2.75, 3.05) is 6.61 Å². The summed E-state index contributed by atoms with van der Waals surface area (Å²) >= 11 is 3.53. The lowest BCUT2D eigenvalue weighted by Crippen LogP contribution is -2.22. The molecule has 2 nitrogen and oxygen atoms in total. The highest BCUT2D eigenvalue weighted by Crippen LogP contribution is 2.32. The van der Waals surface area contributed by atoms with Crippen LogP contribution in [0, 0.1) is 0 Å². The van der Waals surface area contributed by atoms with Gasteiger partial charge in [0.15, 0.2) is 0 Å². The maximum absolute atomic E-state index is 9.57. The number of rotatable bonds is 5. The molecule has 1 atom stereocenters. The molecule has 0 saturated carbocycles. The molecule has 0 aliphatic carbocycles. The highest BCUT2D eigenvalue weighted by molar-refractivity contribution is 7.12. The Labute approximate surface area is 123 Å². The molecule has 2 N–H and O–H groups in total. The Bertz CT molecular complexity index is 496. The summed E-state index contributed by atoms with van der Waals surface area (Å²) in [6.45, 7) is 7.60. The van der Waals surface area contributed by atoms with Gasteiger partial charge < -0.3 is 10.4 Å². The van der Waals surface area contributed by atoms with Gasteiger partial charge in [-0.15, -0.1) is 22.7 Å². The number of thiophene rings is 2. The first-order valence-electron chi connectivity index (χ1n) is 6.47. The number of aliphatic hydroxyl groups is 1. The normalized spacial score (nSPS) is 13.7. The Morgan fingerprint density at radius 2 is 2.05 bits per heavy atom. The molecule has 0 fully saturated rings. The van der Waals surface area contributed by atoms with Crippen LogP contribution in [0.3, 0.4) is 0 Å².